The van der Waals surface area contributed by atoms with Crippen molar-refractivity contribution in [3.05, 3.63) is 53.8 Å². The van der Waals surface area contributed by atoms with E-state index >= 15 is 0 Å². The molecule has 2 heterocycles. The zero-order chi connectivity index (χ0) is 18.5. The lowest BCUT2D eigenvalue weighted by Crippen LogP contribution is -2.30. The van der Waals surface area contributed by atoms with Crippen LogP contribution in [-0.4, -0.2) is 32.9 Å². The van der Waals surface area contributed by atoms with Gasteiger partial charge in [-0.1, -0.05) is 30.3 Å². The van der Waals surface area contributed by atoms with Crippen LogP contribution in [0.25, 0.3) is 11.3 Å². The number of nitrogens with two attached hydrogens (primary N) is 1. The summed E-state index contributed by atoms with van der Waals surface area (Å²) >= 11 is 1.28. The summed E-state index contributed by atoms with van der Waals surface area (Å²) in [5, 5.41) is 4.88. The molecule has 26 heavy (non-hydrogen) atoms. The Hall–Kier alpha value is -3.33. The van der Waals surface area contributed by atoms with E-state index in [4.69, 9.17) is 10.5 Å². The predicted molar refractivity (Wildman–Crippen MR) is 97.5 cm³/mol. The Kier molecular flexibility index (Phi) is 5.18. The Morgan fingerprint density at radius 3 is 2.65 bits per heavy atom. The molecule has 8 nitrogen and oxygen atoms in total. The molecule has 132 valence electrons. The number of carbonyl (C=O) groups excluding carboxylic acids is 2. The van der Waals surface area contributed by atoms with Crippen LogP contribution in [0.2, 0.25) is 0 Å². The van der Waals surface area contributed by atoms with E-state index in [0.717, 1.165) is 11.3 Å². The van der Waals surface area contributed by atoms with Gasteiger partial charge in [-0.3, -0.25) is 10.1 Å². The highest BCUT2D eigenvalue weighted by molar-refractivity contribution is 7.14. The van der Waals surface area contributed by atoms with Gasteiger partial charge in [0.1, 0.15) is 0 Å². The van der Waals surface area contributed by atoms with Gasteiger partial charge in [-0.25, -0.2) is 19.7 Å². The van der Waals surface area contributed by atoms with E-state index in [-0.39, 0.29) is 11.5 Å². The molecule has 9 heteroatoms. The van der Waals surface area contributed by atoms with Gasteiger partial charge < -0.3 is 10.5 Å². The molecule has 0 aliphatic carbocycles. The summed E-state index contributed by atoms with van der Waals surface area (Å²) in [6.07, 6.45) is 1.63. The number of rotatable bonds is 5. The van der Waals surface area contributed by atoms with E-state index < -0.39 is 18.0 Å². The van der Waals surface area contributed by atoms with Crippen molar-refractivity contribution in [2.45, 2.75) is 13.0 Å². The second kappa shape index (κ2) is 7.70. The van der Waals surface area contributed by atoms with Gasteiger partial charge in [-0.15, -0.1) is 11.3 Å². The highest BCUT2D eigenvalue weighted by Crippen LogP contribution is 2.24. The van der Waals surface area contributed by atoms with E-state index in [1.807, 2.05) is 35.7 Å². The van der Waals surface area contributed by atoms with E-state index in [9.17, 15) is 9.59 Å². The van der Waals surface area contributed by atoms with E-state index in [1.165, 1.54) is 30.7 Å². The Morgan fingerprint density at radius 1 is 1.19 bits per heavy atom. The quantitative estimate of drug-likeness (QED) is 0.662. The van der Waals surface area contributed by atoms with Gasteiger partial charge in [0.25, 0.3) is 5.91 Å². The molecule has 0 saturated carbocycles. The third-order valence-electron chi connectivity index (χ3n) is 3.38. The second-order valence-electron chi connectivity index (χ2n) is 5.23. The van der Waals surface area contributed by atoms with E-state index in [0.29, 0.717) is 5.13 Å². The van der Waals surface area contributed by atoms with Crippen LogP contribution in [-0.2, 0) is 9.53 Å². The summed E-state index contributed by atoms with van der Waals surface area (Å²) in [6, 6.07) is 9.59. The van der Waals surface area contributed by atoms with Crippen LogP contribution in [0.1, 0.15) is 17.4 Å². The van der Waals surface area contributed by atoms with Gasteiger partial charge in [0.15, 0.2) is 22.7 Å². The molecule has 0 radical (unpaired) electrons. The van der Waals surface area contributed by atoms with Gasteiger partial charge in [-0.2, -0.15) is 0 Å². The molecule has 0 aliphatic heterocycles. The normalized spacial score (nSPS) is 11.6. The average molecular weight is 369 g/mol. The maximum atomic E-state index is 12.2. The number of amides is 1. The van der Waals surface area contributed by atoms with Crippen molar-refractivity contribution in [1.82, 2.24) is 15.0 Å². The molecule has 3 N–H and O–H groups in total. The molecular formula is C17H15N5O3S. The molecule has 0 saturated heterocycles. The number of nitrogens with one attached hydrogen (secondary N) is 1. The van der Waals surface area contributed by atoms with Gasteiger partial charge >= 0.3 is 5.97 Å². The lowest BCUT2D eigenvalue weighted by Gasteiger charge is -2.12. The summed E-state index contributed by atoms with van der Waals surface area (Å²) in [6.45, 7) is 1.45. The van der Waals surface area contributed by atoms with Gasteiger partial charge in [-0.05, 0) is 6.92 Å². The van der Waals surface area contributed by atoms with Crippen LogP contribution >= 0.6 is 11.3 Å². The van der Waals surface area contributed by atoms with Crippen LogP contribution in [0.4, 0.5) is 10.9 Å². The van der Waals surface area contributed by atoms with Crippen LogP contribution in [0.5, 0.6) is 0 Å². The number of aromatic nitrogens is 3. The molecule has 3 aromatic rings. The summed E-state index contributed by atoms with van der Waals surface area (Å²) in [4.78, 5) is 36.2. The Labute approximate surface area is 153 Å². The number of esters is 1. The number of thiazole rings is 1. The van der Waals surface area contributed by atoms with Crippen LogP contribution in [0, 0.1) is 0 Å². The Bertz CT molecular complexity index is 929. The van der Waals surface area contributed by atoms with Gasteiger partial charge in [0.2, 0.25) is 0 Å². The lowest BCUT2D eigenvalue weighted by atomic mass is 10.2. The van der Waals surface area contributed by atoms with Crippen molar-refractivity contribution in [2.24, 2.45) is 0 Å². The van der Waals surface area contributed by atoms with Crippen molar-refractivity contribution in [2.75, 3.05) is 11.1 Å². The third-order valence-corrected chi connectivity index (χ3v) is 4.13. The van der Waals surface area contributed by atoms with Crippen molar-refractivity contribution >= 4 is 34.2 Å². The maximum Gasteiger partial charge on any atom is 0.361 e. The number of nitrogens with zero attached hydrogens (tertiary/aromatic N) is 3. The minimum absolute atomic E-state index is 0.0578. The Balaban J connectivity index is 1.62. The SMILES string of the molecule is C[C@@H](OC(=O)c1nccnc1N)C(=O)Nc1nc(-c2ccccc2)cs1. The fourth-order valence-electron chi connectivity index (χ4n) is 2.06. The monoisotopic (exact) mass is 369 g/mol. The fourth-order valence-corrected chi connectivity index (χ4v) is 2.78. The van der Waals surface area contributed by atoms with Crippen molar-refractivity contribution in [1.29, 1.82) is 0 Å². The molecule has 0 spiro atoms. The summed E-state index contributed by atoms with van der Waals surface area (Å²) in [5.74, 6) is -1.38. The largest absolute Gasteiger partial charge is 0.448 e. The molecule has 0 unspecified atom stereocenters. The van der Waals surface area contributed by atoms with E-state index in [2.05, 4.69) is 20.3 Å². The predicted octanol–water partition coefficient (Wildman–Crippen LogP) is 2.37. The number of ether oxygens (including phenoxy) is 1. The zero-order valence-corrected chi connectivity index (χ0v) is 14.6. The molecule has 1 atom stereocenters. The van der Waals surface area contributed by atoms with Crippen LogP contribution in [0.3, 0.4) is 0 Å². The zero-order valence-electron chi connectivity index (χ0n) is 13.7. The first-order chi connectivity index (χ1) is 12.5. The number of carbonyl (C=O) groups is 2. The molecule has 3 rings (SSSR count). The van der Waals surface area contributed by atoms with Crippen LogP contribution in [0.15, 0.2) is 48.1 Å². The number of nitrogen functional groups attached to an aromatic ring is 1. The lowest BCUT2D eigenvalue weighted by molar-refractivity contribution is -0.123. The second-order valence-corrected chi connectivity index (χ2v) is 6.09. The molecule has 0 aliphatic rings. The maximum absolute atomic E-state index is 12.2. The number of benzene rings is 1. The minimum Gasteiger partial charge on any atom is -0.448 e. The van der Waals surface area contributed by atoms with Gasteiger partial charge in [0, 0.05) is 23.3 Å². The third kappa shape index (κ3) is 4.01. The first-order valence-corrected chi connectivity index (χ1v) is 8.52. The highest BCUT2D eigenvalue weighted by Gasteiger charge is 2.22. The van der Waals surface area contributed by atoms with Crippen LogP contribution < -0.4 is 11.1 Å². The first kappa shape index (κ1) is 17.5. The van der Waals surface area contributed by atoms with Crippen molar-refractivity contribution < 1.29 is 14.3 Å². The summed E-state index contributed by atoms with van der Waals surface area (Å²) < 4.78 is 5.09. The molecule has 0 bridgehead atoms. The minimum atomic E-state index is -1.05. The van der Waals surface area contributed by atoms with Crippen molar-refractivity contribution in [3.63, 3.8) is 0 Å². The molecule has 1 aromatic carbocycles. The molecular weight excluding hydrogens is 354 g/mol. The van der Waals surface area contributed by atoms with Crippen molar-refractivity contribution in [3.8, 4) is 11.3 Å². The summed E-state index contributed by atoms with van der Waals surface area (Å²) in [7, 11) is 0. The standard InChI is InChI=1S/C17H15N5O3S/c1-10(25-16(24)13-14(18)20-8-7-19-13)15(23)22-17-21-12(9-26-17)11-5-3-2-4-6-11/h2-10H,1H3,(H2,18,20)(H,21,22,23)/t10-/m1/s1. The summed E-state index contributed by atoms with van der Waals surface area (Å²) in [5.41, 5.74) is 7.14. The highest BCUT2D eigenvalue weighted by atomic mass is 32.1. The van der Waals surface area contributed by atoms with Gasteiger partial charge in [0.05, 0.1) is 5.69 Å². The van der Waals surface area contributed by atoms with E-state index in [1.54, 1.807) is 0 Å². The number of anilines is 2. The molecule has 1 amide bonds. The number of hydrogen-bond acceptors (Lipinski definition) is 8. The Morgan fingerprint density at radius 2 is 1.92 bits per heavy atom. The fraction of sp³-hybridized carbons (Fsp3) is 0.118. The first-order valence-electron chi connectivity index (χ1n) is 7.64. The average Bonchev–Trinajstić information content (AvgIpc) is 3.11. The topological polar surface area (TPSA) is 120 Å². The molecule has 0 fully saturated rings. The smallest absolute Gasteiger partial charge is 0.361 e. The number of hydrogen-bond donors (Lipinski definition) is 2. The molecule has 2 aromatic heterocycles.